The molecule has 2 rings (SSSR count). The lowest BCUT2D eigenvalue weighted by molar-refractivity contribution is -0.154. The monoisotopic (exact) mass is 391 g/mol. The van der Waals surface area contributed by atoms with E-state index < -0.39 is 18.8 Å². The number of likely N-dealkylation sites (N-methyl/N-ethyl adjacent to an activating group) is 2. The molecule has 0 bridgehead atoms. The fourth-order valence-corrected chi connectivity index (χ4v) is 4.33. The smallest absolute Gasteiger partial charge is 0.344 e. The zero-order valence-corrected chi connectivity index (χ0v) is 16.7. The first-order valence-electron chi connectivity index (χ1n) is 8.85. The van der Waals surface area contributed by atoms with E-state index in [1.54, 1.807) is 23.3 Å². The van der Waals surface area contributed by atoms with Crippen molar-refractivity contribution in [3.8, 4) is 0 Å². The van der Waals surface area contributed by atoms with Crippen molar-refractivity contribution in [2.75, 3.05) is 40.3 Å². The second-order valence-corrected chi connectivity index (χ2v) is 8.70. The lowest BCUT2D eigenvalue weighted by Gasteiger charge is -2.30. The van der Waals surface area contributed by atoms with Crippen LogP contribution in [-0.4, -0.2) is 73.1 Å². The summed E-state index contributed by atoms with van der Waals surface area (Å²) in [5, 5.41) is 0. The van der Waals surface area contributed by atoms with Crippen molar-refractivity contribution >= 4 is 17.2 Å². The summed E-state index contributed by atoms with van der Waals surface area (Å²) in [4.78, 5) is 20.1. The number of alkyl halides is 3. The molecule has 0 saturated carbocycles. The van der Waals surface area contributed by atoms with Crippen LogP contribution in [0.5, 0.6) is 0 Å². The zero-order valence-electron chi connectivity index (χ0n) is 15.8. The number of hydrogen-bond acceptors (Lipinski definition) is 4. The summed E-state index contributed by atoms with van der Waals surface area (Å²) in [6.45, 7) is 5.98. The fourth-order valence-electron chi connectivity index (χ4n) is 3.40. The van der Waals surface area contributed by atoms with E-state index in [0.29, 0.717) is 12.5 Å². The molecule has 1 amide bonds. The van der Waals surface area contributed by atoms with Crippen LogP contribution in [0.4, 0.5) is 13.2 Å². The van der Waals surface area contributed by atoms with E-state index in [-0.39, 0.29) is 5.91 Å². The Bertz CT molecular complexity index is 605. The van der Waals surface area contributed by atoms with Crippen molar-refractivity contribution in [3.63, 3.8) is 0 Å². The minimum absolute atomic E-state index is 0.260. The number of rotatable bonds is 7. The van der Waals surface area contributed by atoms with Gasteiger partial charge in [0.05, 0.1) is 12.6 Å². The molecule has 0 radical (unpaired) electrons. The highest BCUT2D eigenvalue weighted by atomic mass is 32.1. The van der Waals surface area contributed by atoms with Gasteiger partial charge < -0.3 is 4.90 Å². The van der Waals surface area contributed by atoms with Crippen molar-refractivity contribution in [2.24, 2.45) is 5.92 Å². The molecule has 148 valence electrons. The number of aryl methyl sites for hydroxylation is 1. The quantitative estimate of drug-likeness (QED) is 0.714. The lowest BCUT2D eigenvalue weighted by atomic mass is 10.1. The van der Waals surface area contributed by atoms with E-state index in [1.807, 2.05) is 0 Å². The number of carbonyl (C=O) groups excluding carboxylic acids is 1. The Morgan fingerprint density at radius 3 is 2.65 bits per heavy atom. The van der Waals surface area contributed by atoms with Crippen LogP contribution >= 0.6 is 11.3 Å². The predicted molar refractivity (Wildman–Crippen MR) is 98.2 cm³/mol. The summed E-state index contributed by atoms with van der Waals surface area (Å²) in [5.41, 5.74) is 0. The van der Waals surface area contributed by atoms with Gasteiger partial charge in [-0.05, 0) is 51.9 Å². The summed E-state index contributed by atoms with van der Waals surface area (Å²) >= 11 is 1.80. The highest BCUT2D eigenvalue weighted by molar-refractivity contribution is 7.11. The van der Waals surface area contributed by atoms with Gasteiger partial charge in [-0.2, -0.15) is 13.2 Å². The Morgan fingerprint density at radius 2 is 2.08 bits per heavy atom. The molecule has 1 fully saturated rings. The van der Waals surface area contributed by atoms with Crippen LogP contribution in [0.25, 0.3) is 0 Å². The first kappa shape index (κ1) is 21.2. The number of likely N-dealkylation sites (tertiary alicyclic amines) is 1. The second kappa shape index (κ2) is 8.71. The predicted octanol–water partition coefficient (Wildman–Crippen LogP) is 3.22. The van der Waals surface area contributed by atoms with Gasteiger partial charge >= 0.3 is 6.18 Å². The van der Waals surface area contributed by atoms with E-state index in [2.05, 4.69) is 24.0 Å². The molecule has 2 heterocycles. The van der Waals surface area contributed by atoms with Crippen LogP contribution in [-0.2, 0) is 11.3 Å². The van der Waals surface area contributed by atoms with Gasteiger partial charge in [-0.15, -0.1) is 11.3 Å². The van der Waals surface area contributed by atoms with E-state index in [4.69, 9.17) is 0 Å². The number of amides is 1. The summed E-state index contributed by atoms with van der Waals surface area (Å²) in [6.07, 6.45) is -3.29. The normalized spacial score (nSPS) is 19.9. The third-order valence-corrected chi connectivity index (χ3v) is 5.89. The molecule has 0 aliphatic carbocycles. The van der Waals surface area contributed by atoms with Gasteiger partial charge in [0.15, 0.2) is 0 Å². The van der Waals surface area contributed by atoms with Gasteiger partial charge in [0.2, 0.25) is 5.91 Å². The maximum absolute atomic E-state index is 12.5. The molecule has 1 aromatic heterocycles. The van der Waals surface area contributed by atoms with Gasteiger partial charge in [-0.1, -0.05) is 0 Å². The molecule has 4 nitrogen and oxygen atoms in total. The minimum atomic E-state index is -4.30. The van der Waals surface area contributed by atoms with Crippen molar-refractivity contribution in [2.45, 2.75) is 39.0 Å². The van der Waals surface area contributed by atoms with E-state index in [0.717, 1.165) is 31.0 Å². The van der Waals surface area contributed by atoms with Crippen molar-refractivity contribution < 1.29 is 18.0 Å². The van der Waals surface area contributed by atoms with Crippen molar-refractivity contribution in [1.82, 2.24) is 14.7 Å². The van der Waals surface area contributed by atoms with E-state index in [9.17, 15) is 18.0 Å². The average Bonchev–Trinajstić information content (AvgIpc) is 3.13. The van der Waals surface area contributed by atoms with E-state index >= 15 is 0 Å². The Hall–Kier alpha value is -1.12. The maximum Gasteiger partial charge on any atom is 0.401 e. The number of hydrogen-bond donors (Lipinski definition) is 0. The van der Waals surface area contributed by atoms with Gasteiger partial charge in [-0.3, -0.25) is 14.6 Å². The lowest BCUT2D eigenvalue weighted by Crippen LogP contribution is -2.48. The van der Waals surface area contributed by atoms with Crippen LogP contribution in [0.1, 0.15) is 23.1 Å². The third kappa shape index (κ3) is 6.25. The molecule has 0 aromatic carbocycles. The molecular formula is C18H28F3N3OS. The van der Waals surface area contributed by atoms with Gasteiger partial charge in [-0.25, -0.2) is 0 Å². The second-order valence-electron chi connectivity index (χ2n) is 7.33. The summed E-state index contributed by atoms with van der Waals surface area (Å²) in [7, 11) is 3.02. The fraction of sp³-hybridized carbons (Fsp3) is 0.722. The first-order valence-corrected chi connectivity index (χ1v) is 9.66. The van der Waals surface area contributed by atoms with Crippen LogP contribution in [0.2, 0.25) is 0 Å². The SMILES string of the molecule is Cc1ccc(CN2CC[C@H](CN(C)C(=O)[C@H](C)N(C)CC(F)(F)F)C2)s1. The van der Waals surface area contributed by atoms with Gasteiger partial charge in [0.25, 0.3) is 0 Å². The Morgan fingerprint density at radius 1 is 1.38 bits per heavy atom. The summed E-state index contributed by atoms with van der Waals surface area (Å²) in [5.74, 6) is 0.106. The number of nitrogens with zero attached hydrogens (tertiary/aromatic N) is 3. The molecule has 1 saturated heterocycles. The highest BCUT2D eigenvalue weighted by Gasteiger charge is 2.34. The number of thiophene rings is 1. The van der Waals surface area contributed by atoms with Crippen LogP contribution < -0.4 is 0 Å². The van der Waals surface area contributed by atoms with Gasteiger partial charge in [0, 0.05) is 36.4 Å². The Kier molecular flexibility index (Phi) is 7.10. The molecule has 2 atom stereocenters. The summed E-state index contributed by atoms with van der Waals surface area (Å²) < 4.78 is 37.5. The molecule has 1 aliphatic heterocycles. The Labute approximate surface area is 157 Å². The highest BCUT2D eigenvalue weighted by Crippen LogP contribution is 2.23. The third-order valence-electron chi connectivity index (χ3n) is 4.90. The topological polar surface area (TPSA) is 26.8 Å². The van der Waals surface area contributed by atoms with E-state index in [1.165, 1.54) is 23.7 Å². The van der Waals surface area contributed by atoms with Crippen LogP contribution in [0, 0.1) is 12.8 Å². The maximum atomic E-state index is 12.5. The van der Waals surface area contributed by atoms with Crippen molar-refractivity contribution in [1.29, 1.82) is 0 Å². The molecular weight excluding hydrogens is 363 g/mol. The first-order chi connectivity index (χ1) is 12.0. The summed E-state index contributed by atoms with van der Waals surface area (Å²) in [6, 6.07) is 3.49. The molecule has 1 aliphatic rings. The van der Waals surface area contributed by atoms with Crippen molar-refractivity contribution in [3.05, 3.63) is 21.9 Å². The average molecular weight is 392 g/mol. The Balaban J connectivity index is 1.79. The molecule has 8 heteroatoms. The molecule has 1 aromatic rings. The van der Waals surface area contributed by atoms with Crippen LogP contribution in [0.15, 0.2) is 12.1 Å². The molecule has 0 spiro atoms. The standard InChI is InChI=1S/C18H28F3N3OS/c1-13-5-6-16(26-13)11-24-8-7-15(10-24)9-22(3)17(25)14(2)23(4)12-18(19,20)21/h5-6,14-15H,7-12H2,1-4H3/t14-,15+/m0/s1. The number of halogens is 3. The zero-order chi connectivity index (χ0) is 19.5. The number of carbonyl (C=O) groups is 1. The van der Waals surface area contributed by atoms with Gasteiger partial charge in [0.1, 0.15) is 0 Å². The molecule has 0 N–H and O–H groups in total. The minimum Gasteiger partial charge on any atom is -0.344 e. The largest absolute Gasteiger partial charge is 0.401 e. The molecule has 0 unspecified atom stereocenters. The van der Waals surface area contributed by atoms with Crippen LogP contribution in [0.3, 0.4) is 0 Å². The molecule has 26 heavy (non-hydrogen) atoms.